The molecule has 3 nitrogen and oxygen atoms in total. The van der Waals surface area contributed by atoms with Gasteiger partial charge in [0.1, 0.15) is 0 Å². The number of hydrogen-bond acceptors (Lipinski definition) is 2. The van der Waals surface area contributed by atoms with Crippen LogP contribution in [0.4, 0.5) is 0 Å². The summed E-state index contributed by atoms with van der Waals surface area (Å²) in [5.74, 6) is 0.288. The highest BCUT2D eigenvalue weighted by atomic mass is 16.4. The van der Waals surface area contributed by atoms with Gasteiger partial charge in [-0.15, -0.1) is 0 Å². The predicted molar refractivity (Wildman–Crippen MR) is 60.8 cm³/mol. The highest BCUT2D eigenvalue weighted by Gasteiger charge is 2.34. The van der Waals surface area contributed by atoms with Gasteiger partial charge in [-0.3, -0.25) is 4.79 Å². The minimum atomic E-state index is -0.652. The van der Waals surface area contributed by atoms with Crippen LogP contribution in [0.25, 0.3) is 0 Å². The minimum Gasteiger partial charge on any atom is -0.481 e. The second kappa shape index (κ2) is 5.50. The molecule has 2 unspecified atom stereocenters. The molecule has 0 aromatic carbocycles. The Kier molecular flexibility index (Phi) is 4.58. The Morgan fingerprint density at radius 1 is 1.47 bits per heavy atom. The maximum atomic E-state index is 10.7. The van der Waals surface area contributed by atoms with Gasteiger partial charge in [0.15, 0.2) is 0 Å². The molecule has 0 aromatic rings. The van der Waals surface area contributed by atoms with Gasteiger partial charge in [0.2, 0.25) is 0 Å². The number of hydrogen-bond donors (Lipinski definition) is 1. The van der Waals surface area contributed by atoms with E-state index in [1.165, 1.54) is 12.8 Å². The van der Waals surface area contributed by atoms with E-state index in [1.54, 1.807) is 0 Å². The average Bonchev–Trinajstić information content (AvgIpc) is 2.09. The maximum absolute atomic E-state index is 10.7. The monoisotopic (exact) mass is 213 g/mol. The van der Waals surface area contributed by atoms with Gasteiger partial charge in [0.05, 0.1) is 5.92 Å². The van der Waals surface area contributed by atoms with Crippen LogP contribution in [0.3, 0.4) is 0 Å². The van der Waals surface area contributed by atoms with Crippen molar-refractivity contribution in [3.05, 3.63) is 0 Å². The van der Waals surface area contributed by atoms with E-state index < -0.39 is 5.97 Å². The van der Waals surface area contributed by atoms with Crippen molar-refractivity contribution in [2.75, 3.05) is 19.6 Å². The Hall–Kier alpha value is -0.570. The molecule has 1 saturated heterocycles. The van der Waals surface area contributed by atoms with Gasteiger partial charge < -0.3 is 10.0 Å². The topological polar surface area (TPSA) is 40.5 Å². The fourth-order valence-corrected chi connectivity index (χ4v) is 2.30. The SMILES string of the molecule is CCCC(C)CN1CC(C(C)C(=O)O)C1. The lowest BCUT2D eigenvalue weighted by Gasteiger charge is -2.42. The zero-order valence-corrected chi connectivity index (χ0v) is 10.1. The summed E-state index contributed by atoms with van der Waals surface area (Å²) in [6.45, 7) is 9.39. The number of carbonyl (C=O) groups is 1. The standard InChI is InChI=1S/C12H23NO2/c1-4-5-9(2)6-13-7-11(8-13)10(3)12(14)15/h9-11H,4-8H2,1-3H3,(H,14,15). The first-order chi connectivity index (χ1) is 7.04. The van der Waals surface area contributed by atoms with Crippen molar-refractivity contribution in [3.8, 4) is 0 Å². The number of carboxylic acids is 1. The van der Waals surface area contributed by atoms with Crippen molar-refractivity contribution in [1.82, 2.24) is 4.90 Å². The Balaban J connectivity index is 2.17. The molecule has 2 atom stereocenters. The normalized spacial score (nSPS) is 22.1. The zero-order chi connectivity index (χ0) is 11.4. The second-order valence-electron chi connectivity index (χ2n) is 5.00. The molecule has 0 amide bonds. The third-order valence-electron chi connectivity index (χ3n) is 3.43. The predicted octanol–water partition coefficient (Wildman–Crippen LogP) is 2.08. The van der Waals surface area contributed by atoms with Gasteiger partial charge in [-0.1, -0.05) is 27.2 Å². The first kappa shape index (κ1) is 12.5. The molecule has 0 saturated carbocycles. The summed E-state index contributed by atoms with van der Waals surface area (Å²) < 4.78 is 0. The van der Waals surface area contributed by atoms with E-state index in [-0.39, 0.29) is 5.92 Å². The lowest BCUT2D eigenvalue weighted by molar-refractivity contribution is -0.145. The molecule has 1 aliphatic rings. The molecule has 3 heteroatoms. The maximum Gasteiger partial charge on any atom is 0.306 e. The zero-order valence-electron chi connectivity index (χ0n) is 10.1. The van der Waals surface area contributed by atoms with Gasteiger partial charge in [-0.05, 0) is 18.3 Å². The van der Waals surface area contributed by atoms with Gasteiger partial charge in [-0.25, -0.2) is 0 Å². The number of rotatable bonds is 6. The molecule has 15 heavy (non-hydrogen) atoms. The Morgan fingerprint density at radius 2 is 2.07 bits per heavy atom. The smallest absolute Gasteiger partial charge is 0.306 e. The summed E-state index contributed by atoms with van der Waals surface area (Å²) >= 11 is 0. The Morgan fingerprint density at radius 3 is 2.53 bits per heavy atom. The molecular formula is C12H23NO2. The van der Waals surface area contributed by atoms with Crippen molar-refractivity contribution in [3.63, 3.8) is 0 Å². The average molecular weight is 213 g/mol. The molecule has 1 heterocycles. The van der Waals surface area contributed by atoms with Crippen molar-refractivity contribution < 1.29 is 9.90 Å². The van der Waals surface area contributed by atoms with E-state index >= 15 is 0 Å². The van der Waals surface area contributed by atoms with Gasteiger partial charge in [-0.2, -0.15) is 0 Å². The molecule has 0 spiro atoms. The number of likely N-dealkylation sites (tertiary alicyclic amines) is 1. The molecule has 0 aliphatic carbocycles. The van der Waals surface area contributed by atoms with Crippen molar-refractivity contribution in [1.29, 1.82) is 0 Å². The molecule has 1 rings (SSSR count). The molecule has 0 aromatic heterocycles. The highest BCUT2D eigenvalue weighted by Crippen LogP contribution is 2.25. The van der Waals surface area contributed by atoms with E-state index in [9.17, 15) is 4.79 Å². The third-order valence-corrected chi connectivity index (χ3v) is 3.43. The Labute approximate surface area is 92.5 Å². The fourth-order valence-electron chi connectivity index (χ4n) is 2.30. The van der Waals surface area contributed by atoms with Crippen LogP contribution in [0.5, 0.6) is 0 Å². The Bertz CT molecular complexity index is 212. The molecule has 1 aliphatic heterocycles. The van der Waals surface area contributed by atoms with Crippen LogP contribution in [0.15, 0.2) is 0 Å². The molecule has 0 bridgehead atoms. The van der Waals surface area contributed by atoms with E-state index in [1.807, 2.05) is 6.92 Å². The van der Waals surface area contributed by atoms with Crippen LogP contribution in [0, 0.1) is 17.8 Å². The van der Waals surface area contributed by atoms with Crippen LogP contribution in [-0.4, -0.2) is 35.6 Å². The summed E-state index contributed by atoms with van der Waals surface area (Å²) in [5.41, 5.74) is 0. The fraction of sp³-hybridized carbons (Fsp3) is 0.917. The summed E-state index contributed by atoms with van der Waals surface area (Å²) in [4.78, 5) is 13.1. The lowest BCUT2D eigenvalue weighted by atomic mass is 9.86. The van der Waals surface area contributed by atoms with Crippen LogP contribution >= 0.6 is 0 Å². The summed E-state index contributed by atoms with van der Waals surface area (Å²) in [6.07, 6.45) is 2.51. The summed E-state index contributed by atoms with van der Waals surface area (Å²) in [7, 11) is 0. The molecule has 88 valence electrons. The summed E-state index contributed by atoms with van der Waals surface area (Å²) in [5, 5.41) is 8.85. The number of carboxylic acid groups (broad SMARTS) is 1. The molecule has 1 N–H and O–H groups in total. The van der Waals surface area contributed by atoms with Crippen LogP contribution in [-0.2, 0) is 4.79 Å². The third kappa shape index (κ3) is 3.49. The van der Waals surface area contributed by atoms with Crippen LogP contribution < -0.4 is 0 Å². The highest BCUT2D eigenvalue weighted by molar-refractivity contribution is 5.70. The first-order valence-electron chi connectivity index (χ1n) is 5.99. The number of aliphatic carboxylic acids is 1. The van der Waals surface area contributed by atoms with Gasteiger partial charge >= 0.3 is 5.97 Å². The van der Waals surface area contributed by atoms with E-state index in [0.29, 0.717) is 5.92 Å². The first-order valence-corrected chi connectivity index (χ1v) is 5.99. The quantitative estimate of drug-likeness (QED) is 0.734. The molecule has 1 fully saturated rings. The van der Waals surface area contributed by atoms with Crippen LogP contribution in [0.1, 0.15) is 33.6 Å². The van der Waals surface area contributed by atoms with Gasteiger partial charge in [0.25, 0.3) is 0 Å². The number of nitrogens with zero attached hydrogens (tertiary/aromatic N) is 1. The van der Waals surface area contributed by atoms with E-state index in [0.717, 1.165) is 25.6 Å². The second-order valence-corrected chi connectivity index (χ2v) is 5.00. The van der Waals surface area contributed by atoms with Crippen molar-refractivity contribution >= 4 is 5.97 Å². The molecule has 0 radical (unpaired) electrons. The van der Waals surface area contributed by atoms with Crippen LogP contribution in [0.2, 0.25) is 0 Å². The van der Waals surface area contributed by atoms with E-state index in [2.05, 4.69) is 18.7 Å². The lowest BCUT2D eigenvalue weighted by Crippen LogP contribution is -2.52. The largest absolute Gasteiger partial charge is 0.481 e. The van der Waals surface area contributed by atoms with Gasteiger partial charge in [0, 0.05) is 19.6 Å². The minimum absolute atomic E-state index is 0.178. The van der Waals surface area contributed by atoms with Crippen molar-refractivity contribution in [2.24, 2.45) is 17.8 Å². The summed E-state index contributed by atoms with van der Waals surface area (Å²) in [6, 6.07) is 0. The molecular weight excluding hydrogens is 190 g/mol. The van der Waals surface area contributed by atoms with E-state index in [4.69, 9.17) is 5.11 Å². The van der Waals surface area contributed by atoms with Crippen molar-refractivity contribution in [2.45, 2.75) is 33.6 Å².